The van der Waals surface area contributed by atoms with Gasteiger partial charge in [0.2, 0.25) is 0 Å². The number of aromatic nitrogens is 2. The number of nitrogens with one attached hydrogen (secondary N) is 1. The maximum atomic E-state index is 11.6. The van der Waals surface area contributed by atoms with Gasteiger partial charge in [0.05, 0.1) is 18.3 Å². The largest absolute Gasteiger partial charge is 0.394 e. The summed E-state index contributed by atoms with van der Waals surface area (Å²) in [4.78, 5) is 12.1. The zero-order valence-electron chi connectivity index (χ0n) is 8.15. The predicted octanol–water partition coefficient (Wildman–Crippen LogP) is 0.347. The summed E-state index contributed by atoms with van der Waals surface area (Å²) in [6.45, 7) is 3.59. The van der Waals surface area contributed by atoms with Crippen molar-refractivity contribution >= 4 is 17.4 Å². The molecule has 0 fully saturated rings. The number of hydrogen-bond acceptors (Lipinski definition) is 5. The highest BCUT2D eigenvalue weighted by molar-refractivity contribution is 7.07. The summed E-state index contributed by atoms with van der Waals surface area (Å²) < 4.78 is 3.67. The van der Waals surface area contributed by atoms with Gasteiger partial charge in [0.25, 0.3) is 5.91 Å². The van der Waals surface area contributed by atoms with Crippen LogP contribution in [0.2, 0.25) is 0 Å². The van der Waals surface area contributed by atoms with Crippen molar-refractivity contribution in [2.45, 2.75) is 26.3 Å². The lowest BCUT2D eigenvalue weighted by Gasteiger charge is -2.12. The number of nitrogens with zero attached hydrogens (tertiary/aromatic N) is 2. The SMILES string of the molecule is CC[C@H](CO)NC(=O)c1snnc1C. The van der Waals surface area contributed by atoms with Gasteiger partial charge in [-0.25, -0.2) is 0 Å². The summed E-state index contributed by atoms with van der Waals surface area (Å²) in [5, 5.41) is 15.3. The second-order valence-electron chi connectivity index (χ2n) is 2.95. The lowest BCUT2D eigenvalue weighted by atomic mass is 10.2. The molecule has 1 rings (SSSR count). The minimum absolute atomic E-state index is 0.0481. The molecule has 14 heavy (non-hydrogen) atoms. The molecule has 2 N–H and O–H groups in total. The van der Waals surface area contributed by atoms with Crippen molar-refractivity contribution in [1.29, 1.82) is 0 Å². The Morgan fingerprint density at radius 2 is 2.43 bits per heavy atom. The second-order valence-corrected chi connectivity index (χ2v) is 3.70. The Bertz CT molecular complexity index is 309. The normalized spacial score (nSPS) is 12.5. The molecule has 0 aliphatic carbocycles. The quantitative estimate of drug-likeness (QED) is 0.759. The van der Waals surface area contributed by atoms with Crippen LogP contribution in [0.5, 0.6) is 0 Å². The first-order valence-electron chi connectivity index (χ1n) is 4.39. The number of amides is 1. The molecule has 0 saturated carbocycles. The van der Waals surface area contributed by atoms with E-state index in [1.54, 1.807) is 6.92 Å². The van der Waals surface area contributed by atoms with Gasteiger partial charge in [-0.1, -0.05) is 11.4 Å². The number of carbonyl (C=O) groups is 1. The molecule has 5 nitrogen and oxygen atoms in total. The summed E-state index contributed by atoms with van der Waals surface area (Å²) in [5.74, 6) is -0.210. The van der Waals surface area contributed by atoms with E-state index in [4.69, 9.17) is 5.11 Å². The molecule has 0 aliphatic heterocycles. The summed E-state index contributed by atoms with van der Waals surface area (Å²) in [5.41, 5.74) is 0.625. The smallest absolute Gasteiger partial charge is 0.265 e. The van der Waals surface area contributed by atoms with Crippen LogP contribution in [0.1, 0.15) is 28.7 Å². The average molecular weight is 215 g/mol. The first kappa shape index (κ1) is 11.1. The van der Waals surface area contributed by atoms with Gasteiger partial charge in [-0.2, -0.15) is 0 Å². The molecular formula is C8H13N3O2S. The standard InChI is InChI=1S/C8H13N3O2S/c1-3-6(4-12)9-8(13)7-5(2)10-11-14-7/h6,12H,3-4H2,1-2H3,(H,9,13)/t6-/m1/s1. The third-order valence-electron chi connectivity index (χ3n) is 1.91. The number of aliphatic hydroxyl groups is 1. The Labute approximate surface area is 86.3 Å². The van der Waals surface area contributed by atoms with E-state index in [2.05, 4.69) is 14.9 Å². The van der Waals surface area contributed by atoms with Crippen LogP contribution in [0.15, 0.2) is 0 Å². The molecule has 0 saturated heterocycles. The molecular weight excluding hydrogens is 202 g/mol. The number of hydrogen-bond donors (Lipinski definition) is 2. The van der Waals surface area contributed by atoms with E-state index in [1.807, 2.05) is 6.92 Å². The van der Waals surface area contributed by atoms with Gasteiger partial charge in [0.15, 0.2) is 0 Å². The maximum absolute atomic E-state index is 11.6. The molecule has 1 atom stereocenters. The van der Waals surface area contributed by atoms with E-state index in [0.29, 0.717) is 17.0 Å². The Morgan fingerprint density at radius 1 is 1.71 bits per heavy atom. The third kappa shape index (κ3) is 2.49. The zero-order valence-corrected chi connectivity index (χ0v) is 8.97. The van der Waals surface area contributed by atoms with Crippen LogP contribution in [0.4, 0.5) is 0 Å². The number of carbonyl (C=O) groups excluding carboxylic acids is 1. The van der Waals surface area contributed by atoms with Gasteiger partial charge in [0, 0.05) is 0 Å². The van der Waals surface area contributed by atoms with Crippen molar-refractivity contribution in [3.8, 4) is 0 Å². The topological polar surface area (TPSA) is 75.1 Å². The molecule has 78 valence electrons. The molecule has 0 aliphatic rings. The monoisotopic (exact) mass is 215 g/mol. The van der Waals surface area contributed by atoms with Crippen molar-refractivity contribution in [1.82, 2.24) is 14.9 Å². The summed E-state index contributed by atoms with van der Waals surface area (Å²) in [6, 6.07) is -0.191. The van der Waals surface area contributed by atoms with Crippen LogP contribution in [0, 0.1) is 6.92 Å². The van der Waals surface area contributed by atoms with Crippen molar-refractivity contribution in [2.24, 2.45) is 0 Å². The molecule has 1 aromatic heterocycles. The number of rotatable bonds is 4. The molecule has 0 aromatic carbocycles. The van der Waals surface area contributed by atoms with Crippen LogP contribution in [-0.2, 0) is 0 Å². The predicted molar refractivity (Wildman–Crippen MR) is 53.3 cm³/mol. The van der Waals surface area contributed by atoms with Crippen molar-refractivity contribution in [3.05, 3.63) is 10.6 Å². The van der Waals surface area contributed by atoms with E-state index in [9.17, 15) is 4.79 Å². The number of aryl methyl sites for hydroxylation is 1. The van der Waals surface area contributed by atoms with Crippen molar-refractivity contribution < 1.29 is 9.90 Å². The fraction of sp³-hybridized carbons (Fsp3) is 0.625. The van der Waals surface area contributed by atoms with Gasteiger partial charge >= 0.3 is 0 Å². The van der Waals surface area contributed by atoms with Gasteiger partial charge < -0.3 is 10.4 Å². The third-order valence-corrected chi connectivity index (χ3v) is 2.73. The Kier molecular flexibility index (Phi) is 3.97. The van der Waals surface area contributed by atoms with Crippen LogP contribution in [0.3, 0.4) is 0 Å². The highest BCUT2D eigenvalue weighted by Gasteiger charge is 2.15. The molecule has 6 heteroatoms. The molecule has 0 radical (unpaired) electrons. The van der Waals surface area contributed by atoms with Gasteiger partial charge in [-0.3, -0.25) is 4.79 Å². The Morgan fingerprint density at radius 3 is 2.86 bits per heavy atom. The molecule has 0 unspecified atom stereocenters. The van der Waals surface area contributed by atoms with Crippen LogP contribution in [-0.4, -0.2) is 33.2 Å². The molecule has 0 bridgehead atoms. The van der Waals surface area contributed by atoms with Crippen LogP contribution in [0.25, 0.3) is 0 Å². The molecule has 1 aromatic rings. The Hall–Kier alpha value is -1.01. The summed E-state index contributed by atoms with van der Waals surface area (Å²) >= 11 is 1.07. The van der Waals surface area contributed by atoms with E-state index in [-0.39, 0.29) is 18.6 Å². The minimum Gasteiger partial charge on any atom is -0.394 e. The van der Waals surface area contributed by atoms with Gasteiger partial charge in [-0.15, -0.1) is 5.10 Å². The highest BCUT2D eigenvalue weighted by atomic mass is 32.1. The van der Waals surface area contributed by atoms with Gasteiger partial charge in [0.1, 0.15) is 4.88 Å². The summed E-state index contributed by atoms with van der Waals surface area (Å²) in [6.07, 6.45) is 0.702. The average Bonchev–Trinajstić information content (AvgIpc) is 2.60. The minimum atomic E-state index is -0.210. The fourth-order valence-electron chi connectivity index (χ4n) is 0.967. The van der Waals surface area contributed by atoms with Crippen molar-refractivity contribution in [2.75, 3.05) is 6.61 Å². The second kappa shape index (κ2) is 5.02. The molecule has 0 spiro atoms. The highest BCUT2D eigenvalue weighted by Crippen LogP contribution is 2.08. The van der Waals surface area contributed by atoms with Gasteiger partial charge in [-0.05, 0) is 24.9 Å². The number of aliphatic hydroxyl groups excluding tert-OH is 1. The maximum Gasteiger partial charge on any atom is 0.265 e. The van der Waals surface area contributed by atoms with Crippen LogP contribution >= 0.6 is 11.5 Å². The van der Waals surface area contributed by atoms with E-state index in [1.165, 1.54) is 0 Å². The first-order chi connectivity index (χ1) is 6.69. The summed E-state index contributed by atoms with van der Waals surface area (Å²) in [7, 11) is 0. The Balaban J connectivity index is 2.63. The first-order valence-corrected chi connectivity index (χ1v) is 5.17. The van der Waals surface area contributed by atoms with E-state index in [0.717, 1.165) is 11.5 Å². The molecule has 1 heterocycles. The van der Waals surface area contributed by atoms with Crippen LogP contribution < -0.4 is 5.32 Å². The van der Waals surface area contributed by atoms with Crippen molar-refractivity contribution in [3.63, 3.8) is 0 Å². The molecule has 1 amide bonds. The zero-order chi connectivity index (χ0) is 10.6. The fourth-order valence-corrected chi connectivity index (χ4v) is 1.53. The van der Waals surface area contributed by atoms with E-state index < -0.39 is 0 Å². The lowest BCUT2D eigenvalue weighted by Crippen LogP contribution is -2.36. The lowest BCUT2D eigenvalue weighted by molar-refractivity contribution is 0.0918. The van der Waals surface area contributed by atoms with E-state index >= 15 is 0 Å².